The largest absolute Gasteiger partial charge is 0.480 e. The number of aliphatic carboxylic acids is 1. The third kappa shape index (κ3) is 5.49. The van der Waals surface area contributed by atoms with Gasteiger partial charge in [-0.3, -0.25) is 4.79 Å². The topological polar surface area (TPSA) is 79.3 Å². The fraction of sp³-hybridized carbons (Fsp3) is 0.235. The number of carbonyl (C=O) groups excluding carboxylic acids is 1. The Morgan fingerprint density at radius 3 is 2.57 bits per heavy atom. The van der Waals surface area contributed by atoms with Crippen molar-refractivity contribution < 1.29 is 14.7 Å². The third-order valence-electron chi connectivity index (χ3n) is 3.38. The molecule has 2 rings (SSSR count). The maximum absolute atomic E-state index is 12.0. The molecule has 1 aromatic carbocycles. The fourth-order valence-electron chi connectivity index (χ4n) is 2.16. The molecule has 1 aromatic heterocycles. The van der Waals surface area contributed by atoms with E-state index in [1.165, 1.54) is 0 Å². The van der Waals surface area contributed by atoms with Gasteiger partial charge in [0, 0.05) is 19.0 Å². The average Bonchev–Trinajstić information content (AvgIpc) is 2.55. The predicted octanol–water partition coefficient (Wildman–Crippen LogP) is 2.59. The molecule has 120 valence electrons. The molecule has 23 heavy (non-hydrogen) atoms. The van der Waals surface area contributed by atoms with Gasteiger partial charge in [0.15, 0.2) is 0 Å². The first-order valence-corrected chi connectivity index (χ1v) is 8.01. The summed E-state index contributed by atoms with van der Waals surface area (Å²) in [4.78, 5) is 27.4. The van der Waals surface area contributed by atoms with Gasteiger partial charge in [0.05, 0.1) is 0 Å². The molecule has 1 atom stereocenters. The van der Waals surface area contributed by atoms with Crippen LogP contribution in [0.3, 0.4) is 0 Å². The van der Waals surface area contributed by atoms with Crippen molar-refractivity contribution in [2.45, 2.75) is 25.3 Å². The van der Waals surface area contributed by atoms with Gasteiger partial charge in [-0.2, -0.15) is 0 Å². The lowest BCUT2D eigenvalue weighted by Crippen LogP contribution is -2.42. The maximum atomic E-state index is 12.0. The molecule has 6 heteroatoms. The summed E-state index contributed by atoms with van der Waals surface area (Å²) in [7, 11) is 0. The molecular formula is C17H17BrN2O3. The molecule has 0 spiro atoms. The van der Waals surface area contributed by atoms with Crippen LogP contribution in [-0.2, 0) is 22.4 Å². The second kappa shape index (κ2) is 8.43. The van der Waals surface area contributed by atoms with E-state index in [0.717, 1.165) is 11.1 Å². The fourth-order valence-corrected chi connectivity index (χ4v) is 2.57. The van der Waals surface area contributed by atoms with Gasteiger partial charge in [-0.1, -0.05) is 36.4 Å². The van der Waals surface area contributed by atoms with Crippen molar-refractivity contribution in [3.63, 3.8) is 0 Å². The number of hydrogen-bond acceptors (Lipinski definition) is 3. The summed E-state index contributed by atoms with van der Waals surface area (Å²) in [5, 5.41) is 11.9. The van der Waals surface area contributed by atoms with Crippen LogP contribution in [0.1, 0.15) is 17.5 Å². The van der Waals surface area contributed by atoms with Crippen LogP contribution in [0.2, 0.25) is 0 Å². The van der Waals surface area contributed by atoms with E-state index in [1.807, 2.05) is 30.3 Å². The summed E-state index contributed by atoms with van der Waals surface area (Å²) in [6, 6.07) is 12.2. The smallest absolute Gasteiger partial charge is 0.326 e. The van der Waals surface area contributed by atoms with E-state index >= 15 is 0 Å². The SMILES string of the molecule is O=C(CCc1ccccc1)N[C@@H](Cc1cccnc1Br)C(=O)O. The number of hydrogen-bond donors (Lipinski definition) is 2. The highest BCUT2D eigenvalue weighted by Crippen LogP contribution is 2.15. The molecule has 5 nitrogen and oxygen atoms in total. The quantitative estimate of drug-likeness (QED) is 0.727. The highest BCUT2D eigenvalue weighted by Gasteiger charge is 2.21. The monoisotopic (exact) mass is 376 g/mol. The molecule has 2 N–H and O–H groups in total. The number of carboxylic acid groups (broad SMARTS) is 1. The first-order chi connectivity index (χ1) is 11.1. The van der Waals surface area contributed by atoms with E-state index < -0.39 is 12.0 Å². The molecule has 0 aliphatic heterocycles. The summed E-state index contributed by atoms with van der Waals surface area (Å²) in [5.41, 5.74) is 1.78. The molecule has 1 heterocycles. The second-order valence-electron chi connectivity index (χ2n) is 5.10. The van der Waals surface area contributed by atoms with Crippen molar-refractivity contribution in [2.75, 3.05) is 0 Å². The van der Waals surface area contributed by atoms with Crippen molar-refractivity contribution in [3.8, 4) is 0 Å². The van der Waals surface area contributed by atoms with Gasteiger partial charge in [0.2, 0.25) is 5.91 Å². The summed E-state index contributed by atoms with van der Waals surface area (Å²) < 4.78 is 0.588. The van der Waals surface area contributed by atoms with E-state index in [2.05, 4.69) is 26.2 Å². The van der Waals surface area contributed by atoms with Crippen LogP contribution in [0.25, 0.3) is 0 Å². The van der Waals surface area contributed by atoms with Crippen LogP contribution in [0.4, 0.5) is 0 Å². The summed E-state index contributed by atoms with van der Waals surface area (Å²) >= 11 is 3.28. The number of nitrogens with zero attached hydrogens (tertiary/aromatic N) is 1. The molecule has 2 aromatic rings. The number of amides is 1. The number of aryl methyl sites for hydroxylation is 1. The Balaban J connectivity index is 1.92. The molecule has 0 saturated heterocycles. The normalized spacial score (nSPS) is 11.7. The minimum absolute atomic E-state index is 0.181. The number of rotatable bonds is 7. The Labute approximate surface area is 142 Å². The first kappa shape index (κ1) is 17.1. The van der Waals surface area contributed by atoms with E-state index in [-0.39, 0.29) is 18.7 Å². The van der Waals surface area contributed by atoms with Crippen LogP contribution < -0.4 is 5.32 Å². The van der Waals surface area contributed by atoms with Gasteiger partial charge >= 0.3 is 5.97 Å². The molecule has 0 fully saturated rings. The molecule has 0 aliphatic carbocycles. The Kier molecular flexibility index (Phi) is 6.29. The van der Waals surface area contributed by atoms with Gasteiger partial charge in [-0.05, 0) is 39.5 Å². The zero-order chi connectivity index (χ0) is 16.7. The van der Waals surface area contributed by atoms with Gasteiger partial charge in [0.25, 0.3) is 0 Å². The minimum Gasteiger partial charge on any atom is -0.480 e. The van der Waals surface area contributed by atoms with Crippen LogP contribution >= 0.6 is 15.9 Å². The van der Waals surface area contributed by atoms with E-state index in [0.29, 0.717) is 11.0 Å². The number of carboxylic acids is 1. The first-order valence-electron chi connectivity index (χ1n) is 7.21. The molecule has 0 saturated carbocycles. The van der Waals surface area contributed by atoms with Crippen LogP contribution in [-0.4, -0.2) is 28.0 Å². The number of benzene rings is 1. The Hall–Kier alpha value is -2.21. The van der Waals surface area contributed by atoms with E-state index in [4.69, 9.17) is 0 Å². The lowest BCUT2D eigenvalue weighted by Gasteiger charge is -2.15. The van der Waals surface area contributed by atoms with Crippen molar-refractivity contribution in [2.24, 2.45) is 0 Å². The van der Waals surface area contributed by atoms with Crippen LogP contribution in [0, 0.1) is 0 Å². The van der Waals surface area contributed by atoms with Gasteiger partial charge in [-0.25, -0.2) is 9.78 Å². The van der Waals surface area contributed by atoms with Crippen LogP contribution in [0.15, 0.2) is 53.3 Å². The van der Waals surface area contributed by atoms with Crippen molar-refractivity contribution >= 4 is 27.8 Å². The molecule has 0 radical (unpaired) electrons. The maximum Gasteiger partial charge on any atom is 0.326 e. The highest BCUT2D eigenvalue weighted by atomic mass is 79.9. The highest BCUT2D eigenvalue weighted by molar-refractivity contribution is 9.10. The second-order valence-corrected chi connectivity index (χ2v) is 5.85. The standard InChI is InChI=1S/C17H17BrN2O3/c18-16-13(7-4-10-19-16)11-14(17(22)23)20-15(21)9-8-12-5-2-1-3-6-12/h1-7,10,14H,8-9,11H2,(H,20,21)(H,22,23)/t14-/m0/s1. The molecular weight excluding hydrogens is 360 g/mol. The van der Waals surface area contributed by atoms with Crippen LogP contribution in [0.5, 0.6) is 0 Å². The van der Waals surface area contributed by atoms with Gasteiger partial charge in [-0.15, -0.1) is 0 Å². The van der Waals surface area contributed by atoms with Gasteiger partial charge in [0.1, 0.15) is 10.6 Å². The van der Waals surface area contributed by atoms with Crippen molar-refractivity contribution in [3.05, 3.63) is 64.4 Å². The minimum atomic E-state index is -1.06. The Morgan fingerprint density at radius 1 is 1.17 bits per heavy atom. The third-order valence-corrected chi connectivity index (χ3v) is 4.09. The summed E-state index contributed by atoms with van der Waals surface area (Å²) in [6.45, 7) is 0. The predicted molar refractivity (Wildman–Crippen MR) is 90.0 cm³/mol. The Bertz CT molecular complexity index is 677. The number of halogens is 1. The molecule has 0 unspecified atom stereocenters. The zero-order valence-electron chi connectivity index (χ0n) is 12.4. The average molecular weight is 377 g/mol. The summed E-state index contributed by atoms with van der Waals surface area (Å²) in [5.74, 6) is -1.34. The number of aromatic nitrogens is 1. The molecule has 1 amide bonds. The number of pyridine rings is 1. The lowest BCUT2D eigenvalue weighted by atomic mass is 10.1. The molecule has 0 aliphatic rings. The molecule has 0 bridgehead atoms. The van der Waals surface area contributed by atoms with Crippen molar-refractivity contribution in [1.29, 1.82) is 0 Å². The Morgan fingerprint density at radius 2 is 1.91 bits per heavy atom. The van der Waals surface area contributed by atoms with E-state index in [9.17, 15) is 14.7 Å². The lowest BCUT2D eigenvalue weighted by molar-refractivity contribution is -0.141. The number of carbonyl (C=O) groups is 2. The summed E-state index contributed by atoms with van der Waals surface area (Å²) in [6.07, 6.45) is 2.63. The number of nitrogens with one attached hydrogen (secondary N) is 1. The van der Waals surface area contributed by atoms with Gasteiger partial charge < -0.3 is 10.4 Å². The zero-order valence-corrected chi connectivity index (χ0v) is 14.0. The van der Waals surface area contributed by atoms with Crippen molar-refractivity contribution in [1.82, 2.24) is 10.3 Å². The van der Waals surface area contributed by atoms with E-state index in [1.54, 1.807) is 18.3 Å².